The molecule has 31 heavy (non-hydrogen) atoms. The summed E-state index contributed by atoms with van der Waals surface area (Å²) in [7, 11) is 1.88. The van der Waals surface area contributed by atoms with Crippen molar-refractivity contribution in [2.24, 2.45) is 12.5 Å². The van der Waals surface area contributed by atoms with E-state index in [1.165, 1.54) is 12.3 Å². The van der Waals surface area contributed by atoms with Crippen molar-refractivity contribution in [2.45, 2.75) is 26.4 Å². The van der Waals surface area contributed by atoms with Gasteiger partial charge in [-0.1, -0.05) is 19.9 Å². The highest BCUT2D eigenvalue weighted by molar-refractivity contribution is 5.86. The third-order valence-corrected chi connectivity index (χ3v) is 5.19. The Hall–Kier alpha value is -3.67. The molecule has 0 aliphatic rings. The molecule has 0 saturated heterocycles. The fraction of sp³-hybridized carbons (Fsp3) is 0.273. The average molecular weight is 425 g/mol. The second kappa shape index (κ2) is 7.23. The third-order valence-electron chi connectivity index (χ3n) is 5.19. The molecule has 4 rings (SSSR count). The van der Waals surface area contributed by atoms with Gasteiger partial charge in [0.05, 0.1) is 34.7 Å². The number of halogens is 3. The van der Waals surface area contributed by atoms with E-state index in [-0.39, 0.29) is 17.3 Å². The number of benzene rings is 1. The van der Waals surface area contributed by atoms with Crippen LogP contribution in [0.5, 0.6) is 0 Å². The Bertz CT molecular complexity index is 1310. The minimum atomic E-state index is -4.39. The maximum absolute atomic E-state index is 13.2. The number of hydrogen-bond donors (Lipinski definition) is 0. The highest BCUT2D eigenvalue weighted by atomic mass is 19.4. The maximum Gasteiger partial charge on any atom is 0.394 e. The summed E-state index contributed by atoms with van der Waals surface area (Å²) in [5, 5.41) is 9.28. The highest BCUT2D eigenvalue weighted by Gasteiger charge is 2.48. The summed E-state index contributed by atoms with van der Waals surface area (Å²) in [5.41, 5.74) is 1.59. The SMILES string of the molecule is Cn1cnc2cc(-c3nc(C#N)ccc3-c3cnc(CC(C)(C)C(F)(F)F)o3)ccc21. The Morgan fingerprint density at radius 3 is 2.61 bits per heavy atom. The van der Waals surface area contributed by atoms with E-state index in [1.807, 2.05) is 35.9 Å². The van der Waals surface area contributed by atoms with Crippen LogP contribution in [0.15, 0.2) is 47.3 Å². The quantitative estimate of drug-likeness (QED) is 0.444. The molecule has 9 heteroatoms. The number of aryl methyl sites for hydroxylation is 1. The molecule has 0 aliphatic heterocycles. The first-order chi connectivity index (χ1) is 14.6. The standard InChI is InChI=1S/C22H18F3N5O/c1-21(2,22(23,24)25)9-19-27-11-18(31-19)15-6-5-14(10-26)29-20(15)13-4-7-17-16(8-13)28-12-30(17)3/h4-8,11-12H,9H2,1-3H3. The lowest BCUT2D eigenvalue weighted by Gasteiger charge is -2.25. The topological polar surface area (TPSA) is 80.5 Å². The molecule has 6 nitrogen and oxygen atoms in total. The van der Waals surface area contributed by atoms with Crippen LogP contribution >= 0.6 is 0 Å². The summed E-state index contributed by atoms with van der Waals surface area (Å²) in [6.45, 7) is 2.21. The number of nitriles is 1. The zero-order valence-electron chi connectivity index (χ0n) is 17.0. The van der Waals surface area contributed by atoms with Gasteiger partial charge in [-0.25, -0.2) is 15.0 Å². The second-order valence-corrected chi connectivity index (χ2v) is 7.94. The fourth-order valence-electron chi connectivity index (χ4n) is 3.22. The molecule has 0 bridgehead atoms. The van der Waals surface area contributed by atoms with Gasteiger partial charge in [-0.2, -0.15) is 18.4 Å². The number of imidazole rings is 1. The summed E-state index contributed by atoms with van der Waals surface area (Å²) < 4.78 is 47.2. The summed E-state index contributed by atoms with van der Waals surface area (Å²) in [5.74, 6) is 0.258. The maximum atomic E-state index is 13.2. The average Bonchev–Trinajstić information content (AvgIpc) is 3.32. The number of nitrogens with zero attached hydrogens (tertiary/aromatic N) is 5. The predicted molar refractivity (Wildman–Crippen MR) is 108 cm³/mol. The van der Waals surface area contributed by atoms with Crippen LogP contribution in [0.2, 0.25) is 0 Å². The number of hydrogen-bond acceptors (Lipinski definition) is 5. The number of fused-ring (bicyclic) bond motifs is 1. The van der Waals surface area contributed by atoms with Crippen molar-refractivity contribution in [1.82, 2.24) is 19.5 Å². The summed E-state index contributed by atoms with van der Waals surface area (Å²) in [6, 6.07) is 10.8. The first-order valence-corrected chi connectivity index (χ1v) is 9.43. The molecule has 0 atom stereocenters. The van der Waals surface area contributed by atoms with Crippen molar-refractivity contribution in [3.8, 4) is 28.7 Å². The molecule has 0 spiro atoms. The monoisotopic (exact) mass is 425 g/mol. The van der Waals surface area contributed by atoms with Crippen molar-refractivity contribution in [3.63, 3.8) is 0 Å². The van der Waals surface area contributed by atoms with E-state index in [4.69, 9.17) is 4.42 Å². The normalized spacial score (nSPS) is 12.3. The molecule has 0 N–H and O–H groups in total. The van der Waals surface area contributed by atoms with Crippen molar-refractivity contribution >= 4 is 11.0 Å². The zero-order chi connectivity index (χ0) is 22.4. The fourth-order valence-corrected chi connectivity index (χ4v) is 3.22. The lowest BCUT2D eigenvalue weighted by molar-refractivity contribution is -0.212. The van der Waals surface area contributed by atoms with Gasteiger partial charge in [0.15, 0.2) is 11.7 Å². The van der Waals surface area contributed by atoms with Crippen molar-refractivity contribution < 1.29 is 17.6 Å². The summed E-state index contributed by atoms with van der Waals surface area (Å²) in [6.07, 6.45) is -1.70. The van der Waals surface area contributed by atoms with Crippen LogP contribution in [-0.4, -0.2) is 25.7 Å². The molecule has 0 saturated carbocycles. The van der Waals surface area contributed by atoms with Gasteiger partial charge in [0.1, 0.15) is 11.8 Å². The van der Waals surface area contributed by atoms with Gasteiger partial charge in [-0.05, 0) is 24.3 Å². The first kappa shape index (κ1) is 20.6. The first-order valence-electron chi connectivity index (χ1n) is 9.43. The molecule has 0 fully saturated rings. The molecular formula is C22H18F3N5O. The van der Waals surface area contributed by atoms with Gasteiger partial charge in [-0.3, -0.25) is 0 Å². The minimum absolute atomic E-state index is 0.0205. The number of alkyl halides is 3. The molecule has 158 valence electrons. The van der Waals surface area contributed by atoms with E-state index in [2.05, 4.69) is 15.0 Å². The lowest BCUT2D eigenvalue weighted by atomic mass is 9.88. The Morgan fingerprint density at radius 1 is 1.13 bits per heavy atom. The van der Waals surface area contributed by atoms with Gasteiger partial charge >= 0.3 is 6.18 Å². The minimum Gasteiger partial charge on any atom is -0.441 e. The van der Waals surface area contributed by atoms with Crippen molar-refractivity contribution in [1.29, 1.82) is 5.26 Å². The Balaban J connectivity index is 1.78. The van der Waals surface area contributed by atoms with Crippen LogP contribution in [0.1, 0.15) is 25.4 Å². The molecule has 4 aromatic rings. The summed E-state index contributed by atoms with van der Waals surface area (Å²) >= 11 is 0. The van der Waals surface area contributed by atoms with E-state index in [0.717, 1.165) is 24.9 Å². The molecule has 0 amide bonds. The third kappa shape index (κ3) is 3.77. The van der Waals surface area contributed by atoms with Gasteiger partial charge in [0.25, 0.3) is 0 Å². The van der Waals surface area contributed by atoms with Crippen LogP contribution in [0.25, 0.3) is 33.6 Å². The van der Waals surface area contributed by atoms with E-state index in [9.17, 15) is 18.4 Å². The molecule has 1 aromatic carbocycles. The molecule has 0 unspecified atom stereocenters. The Morgan fingerprint density at radius 2 is 1.90 bits per heavy atom. The van der Waals surface area contributed by atoms with Gasteiger partial charge in [0.2, 0.25) is 0 Å². The number of aromatic nitrogens is 4. The van der Waals surface area contributed by atoms with Crippen LogP contribution in [0, 0.1) is 16.7 Å². The number of rotatable bonds is 4. The Kier molecular flexibility index (Phi) is 4.81. The van der Waals surface area contributed by atoms with Gasteiger partial charge in [-0.15, -0.1) is 0 Å². The second-order valence-electron chi connectivity index (χ2n) is 7.94. The smallest absolute Gasteiger partial charge is 0.394 e. The van der Waals surface area contributed by atoms with E-state index in [1.54, 1.807) is 12.4 Å². The van der Waals surface area contributed by atoms with Gasteiger partial charge in [0, 0.05) is 24.6 Å². The molecule has 3 heterocycles. The number of oxazole rings is 1. The van der Waals surface area contributed by atoms with Crippen molar-refractivity contribution in [3.05, 3.63) is 54.4 Å². The lowest BCUT2D eigenvalue weighted by Crippen LogP contribution is -2.34. The molecular weight excluding hydrogens is 407 g/mol. The van der Waals surface area contributed by atoms with Crippen LogP contribution in [0.3, 0.4) is 0 Å². The molecule has 3 aromatic heterocycles. The zero-order valence-corrected chi connectivity index (χ0v) is 17.0. The number of pyridine rings is 1. The predicted octanol–water partition coefficient (Wildman–Crippen LogP) is 5.29. The van der Waals surface area contributed by atoms with Gasteiger partial charge < -0.3 is 8.98 Å². The van der Waals surface area contributed by atoms with E-state index >= 15 is 0 Å². The summed E-state index contributed by atoms with van der Waals surface area (Å²) in [4.78, 5) is 12.8. The molecule has 0 aliphatic carbocycles. The van der Waals surface area contributed by atoms with E-state index < -0.39 is 18.0 Å². The van der Waals surface area contributed by atoms with Crippen LogP contribution in [-0.2, 0) is 13.5 Å². The van der Waals surface area contributed by atoms with Crippen LogP contribution < -0.4 is 0 Å². The van der Waals surface area contributed by atoms with Crippen LogP contribution in [0.4, 0.5) is 13.2 Å². The highest BCUT2D eigenvalue weighted by Crippen LogP contribution is 2.41. The van der Waals surface area contributed by atoms with Crippen molar-refractivity contribution in [2.75, 3.05) is 0 Å². The Labute approximate surface area is 176 Å². The molecule has 0 radical (unpaired) electrons. The van der Waals surface area contributed by atoms with E-state index in [0.29, 0.717) is 16.8 Å². The largest absolute Gasteiger partial charge is 0.441 e.